The van der Waals surface area contributed by atoms with Gasteiger partial charge >= 0.3 is 5.97 Å². The quantitative estimate of drug-likeness (QED) is 0.800. The van der Waals surface area contributed by atoms with Gasteiger partial charge in [0, 0.05) is 16.6 Å². The van der Waals surface area contributed by atoms with Crippen LogP contribution in [0.4, 0.5) is 0 Å². The van der Waals surface area contributed by atoms with E-state index in [1.54, 1.807) is 30.3 Å². The third-order valence-corrected chi connectivity index (χ3v) is 5.00. The van der Waals surface area contributed by atoms with Crippen LogP contribution in [0.1, 0.15) is 30.1 Å². The van der Waals surface area contributed by atoms with Crippen molar-refractivity contribution in [1.29, 1.82) is 0 Å². The SMILES string of the molecule is O=C(O[C@@H](C(=O)NC1CC1)c1ccccc1)[C@@H]1COc2ccc(Cl)cc2C1. The van der Waals surface area contributed by atoms with Crippen molar-refractivity contribution in [3.05, 3.63) is 64.7 Å². The number of nitrogens with one attached hydrogen (secondary N) is 1. The molecule has 0 saturated heterocycles. The van der Waals surface area contributed by atoms with E-state index in [4.69, 9.17) is 21.1 Å². The molecule has 2 aliphatic rings. The van der Waals surface area contributed by atoms with Crippen LogP contribution >= 0.6 is 11.6 Å². The molecule has 2 aromatic carbocycles. The van der Waals surface area contributed by atoms with Crippen LogP contribution in [0.3, 0.4) is 0 Å². The largest absolute Gasteiger partial charge is 0.492 e. The molecule has 140 valence electrons. The Morgan fingerprint density at radius 3 is 2.67 bits per heavy atom. The number of fused-ring (bicyclic) bond motifs is 1. The summed E-state index contributed by atoms with van der Waals surface area (Å²) in [6.45, 7) is 0.221. The van der Waals surface area contributed by atoms with Crippen molar-refractivity contribution in [3.8, 4) is 5.75 Å². The first kappa shape index (κ1) is 17.9. The summed E-state index contributed by atoms with van der Waals surface area (Å²) in [5.41, 5.74) is 1.53. The van der Waals surface area contributed by atoms with Crippen molar-refractivity contribution < 1.29 is 19.1 Å². The molecule has 2 aromatic rings. The molecular formula is C21H20ClNO4. The zero-order chi connectivity index (χ0) is 18.8. The summed E-state index contributed by atoms with van der Waals surface area (Å²) in [6.07, 6.45) is 1.45. The summed E-state index contributed by atoms with van der Waals surface area (Å²) >= 11 is 6.04. The molecule has 1 N–H and O–H groups in total. The average Bonchev–Trinajstić information content (AvgIpc) is 3.49. The second kappa shape index (κ2) is 7.61. The number of ether oxygens (including phenoxy) is 2. The molecule has 1 amide bonds. The van der Waals surface area contributed by atoms with E-state index < -0.39 is 18.0 Å². The molecule has 0 unspecified atom stereocenters. The van der Waals surface area contributed by atoms with Crippen LogP contribution in [-0.2, 0) is 20.7 Å². The van der Waals surface area contributed by atoms with Crippen molar-refractivity contribution in [2.24, 2.45) is 5.92 Å². The van der Waals surface area contributed by atoms with Crippen LogP contribution in [0.25, 0.3) is 0 Å². The van der Waals surface area contributed by atoms with Crippen molar-refractivity contribution in [2.45, 2.75) is 31.4 Å². The lowest BCUT2D eigenvalue weighted by Crippen LogP contribution is -2.37. The molecule has 0 bridgehead atoms. The Kier molecular flexibility index (Phi) is 5.03. The minimum atomic E-state index is -0.958. The topological polar surface area (TPSA) is 64.6 Å². The van der Waals surface area contributed by atoms with E-state index in [1.807, 2.05) is 18.2 Å². The fraction of sp³-hybridized carbons (Fsp3) is 0.333. The first-order valence-electron chi connectivity index (χ1n) is 9.07. The second-order valence-electron chi connectivity index (χ2n) is 6.97. The normalized spacial score (nSPS) is 19.4. The number of hydrogen-bond donors (Lipinski definition) is 1. The lowest BCUT2D eigenvalue weighted by Gasteiger charge is -2.26. The van der Waals surface area contributed by atoms with E-state index in [9.17, 15) is 9.59 Å². The molecule has 4 rings (SSSR count). The molecule has 1 fully saturated rings. The van der Waals surface area contributed by atoms with Gasteiger partial charge in [0.2, 0.25) is 6.10 Å². The number of benzene rings is 2. The number of rotatable bonds is 5. The first-order chi connectivity index (χ1) is 13.1. The van der Waals surface area contributed by atoms with Gasteiger partial charge in [-0.05, 0) is 43.0 Å². The number of esters is 1. The van der Waals surface area contributed by atoms with E-state index >= 15 is 0 Å². The van der Waals surface area contributed by atoms with Gasteiger partial charge in [-0.2, -0.15) is 0 Å². The minimum absolute atomic E-state index is 0.189. The van der Waals surface area contributed by atoms with Crippen molar-refractivity contribution in [2.75, 3.05) is 6.61 Å². The standard InChI is InChI=1S/C21H20ClNO4/c22-16-6-9-18-14(11-16)10-15(12-26-18)21(25)27-19(13-4-2-1-3-5-13)20(24)23-17-7-8-17/h1-6,9,11,15,17,19H,7-8,10,12H2,(H,23,24)/t15-,19+/m0/s1. The van der Waals surface area contributed by atoms with Crippen molar-refractivity contribution in [1.82, 2.24) is 5.32 Å². The van der Waals surface area contributed by atoms with Gasteiger partial charge in [0.05, 0.1) is 5.92 Å². The maximum atomic E-state index is 12.8. The molecule has 0 aromatic heterocycles. The summed E-state index contributed by atoms with van der Waals surface area (Å²) in [6, 6.07) is 14.6. The summed E-state index contributed by atoms with van der Waals surface area (Å²) in [5, 5.41) is 3.51. The van der Waals surface area contributed by atoms with Crippen LogP contribution in [0.2, 0.25) is 5.02 Å². The number of halogens is 1. The van der Waals surface area contributed by atoms with Gasteiger partial charge in [0.1, 0.15) is 12.4 Å². The zero-order valence-electron chi connectivity index (χ0n) is 14.7. The monoisotopic (exact) mass is 385 g/mol. The molecule has 0 spiro atoms. The highest BCUT2D eigenvalue weighted by atomic mass is 35.5. The highest BCUT2D eigenvalue weighted by Gasteiger charge is 2.34. The van der Waals surface area contributed by atoms with E-state index in [1.165, 1.54) is 0 Å². The van der Waals surface area contributed by atoms with Gasteiger partial charge in [0.15, 0.2) is 0 Å². The van der Waals surface area contributed by atoms with Gasteiger partial charge < -0.3 is 14.8 Å². The van der Waals surface area contributed by atoms with Gasteiger partial charge in [-0.1, -0.05) is 41.9 Å². The highest BCUT2D eigenvalue weighted by Crippen LogP contribution is 2.31. The smallest absolute Gasteiger partial charge is 0.313 e. The van der Waals surface area contributed by atoms with E-state index in [-0.39, 0.29) is 18.6 Å². The number of amides is 1. The molecule has 27 heavy (non-hydrogen) atoms. The van der Waals surface area contributed by atoms with E-state index in [2.05, 4.69) is 5.32 Å². The fourth-order valence-corrected chi connectivity index (χ4v) is 3.33. The third kappa shape index (κ3) is 4.25. The Labute approximate surface area is 162 Å². The Morgan fingerprint density at radius 1 is 1.15 bits per heavy atom. The van der Waals surface area contributed by atoms with Crippen LogP contribution in [0, 0.1) is 5.92 Å². The van der Waals surface area contributed by atoms with Gasteiger partial charge in [-0.15, -0.1) is 0 Å². The fourth-order valence-electron chi connectivity index (χ4n) is 3.13. The Morgan fingerprint density at radius 2 is 1.93 bits per heavy atom. The number of hydrogen-bond acceptors (Lipinski definition) is 4. The predicted molar refractivity (Wildman–Crippen MR) is 101 cm³/mol. The van der Waals surface area contributed by atoms with Gasteiger partial charge in [-0.3, -0.25) is 9.59 Å². The van der Waals surface area contributed by atoms with Crippen molar-refractivity contribution >= 4 is 23.5 Å². The Bertz CT molecular complexity index is 851. The first-order valence-corrected chi connectivity index (χ1v) is 9.45. The molecule has 1 aliphatic carbocycles. The zero-order valence-corrected chi connectivity index (χ0v) is 15.4. The lowest BCUT2D eigenvalue weighted by atomic mass is 9.96. The second-order valence-corrected chi connectivity index (χ2v) is 7.41. The molecule has 0 radical (unpaired) electrons. The third-order valence-electron chi connectivity index (χ3n) is 4.76. The molecule has 5 nitrogen and oxygen atoms in total. The Balaban J connectivity index is 1.49. The maximum Gasteiger partial charge on any atom is 0.313 e. The van der Waals surface area contributed by atoms with Crippen LogP contribution in [-0.4, -0.2) is 24.5 Å². The molecular weight excluding hydrogens is 366 g/mol. The number of carbonyl (C=O) groups excluding carboxylic acids is 2. The van der Waals surface area contributed by atoms with Gasteiger partial charge in [-0.25, -0.2) is 0 Å². The average molecular weight is 386 g/mol. The lowest BCUT2D eigenvalue weighted by molar-refractivity contribution is -0.161. The summed E-state index contributed by atoms with van der Waals surface area (Å²) in [7, 11) is 0. The molecule has 6 heteroatoms. The highest BCUT2D eigenvalue weighted by molar-refractivity contribution is 6.30. The molecule has 1 saturated carbocycles. The van der Waals surface area contributed by atoms with Gasteiger partial charge in [0.25, 0.3) is 5.91 Å². The molecule has 1 aliphatic heterocycles. The summed E-state index contributed by atoms with van der Waals surface area (Å²) in [4.78, 5) is 25.4. The summed E-state index contributed by atoms with van der Waals surface area (Å²) < 4.78 is 11.3. The maximum absolute atomic E-state index is 12.8. The van der Waals surface area contributed by atoms with Crippen LogP contribution in [0.5, 0.6) is 5.75 Å². The van der Waals surface area contributed by atoms with Crippen molar-refractivity contribution in [3.63, 3.8) is 0 Å². The van der Waals surface area contributed by atoms with E-state index in [0.717, 1.165) is 24.2 Å². The minimum Gasteiger partial charge on any atom is -0.492 e. The Hall–Kier alpha value is -2.53. The van der Waals surface area contributed by atoms with E-state index in [0.29, 0.717) is 17.0 Å². The molecule has 2 atom stereocenters. The van der Waals surface area contributed by atoms with Crippen LogP contribution < -0.4 is 10.1 Å². The summed E-state index contributed by atoms with van der Waals surface area (Å²) in [5.74, 6) is -0.469. The number of carbonyl (C=O) groups is 2. The predicted octanol–water partition coefficient (Wildman–Crippen LogP) is 3.45. The van der Waals surface area contributed by atoms with Crippen LogP contribution in [0.15, 0.2) is 48.5 Å². The molecule has 1 heterocycles.